The molecular weight excluding hydrogens is 240 g/mol. The molecule has 0 aromatic carbocycles. The molecule has 0 spiro atoms. The minimum absolute atomic E-state index is 0.182. The van der Waals surface area contributed by atoms with Crippen LogP contribution in [0.15, 0.2) is 0 Å². The van der Waals surface area contributed by atoms with Crippen LogP contribution < -0.4 is 5.32 Å². The highest BCUT2D eigenvalue weighted by Crippen LogP contribution is 2.31. The van der Waals surface area contributed by atoms with E-state index in [4.69, 9.17) is 4.74 Å². The quantitative estimate of drug-likeness (QED) is 0.839. The maximum Gasteiger partial charge on any atom is 0.410 e. The van der Waals surface area contributed by atoms with Crippen molar-refractivity contribution in [2.45, 2.75) is 59.6 Å². The van der Waals surface area contributed by atoms with Gasteiger partial charge in [-0.1, -0.05) is 20.8 Å². The summed E-state index contributed by atoms with van der Waals surface area (Å²) in [6, 6.07) is 0.417. The predicted octanol–water partition coefficient (Wildman–Crippen LogP) is 2.88. The highest BCUT2D eigenvalue weighted by molar-refractivity contribution is 5.68. The number of carbonyl (C=O) groups is 1. The molecule has 1 rings (SSSR count). The number of hydrogen-bond donors (Lipinski definition) is 1. The number of nitrogens with zero attached hydrogens (tertiary/aromatic N) is 1. The lowest BCUT2D eigenvalue weighted by Crippen LogP contribution is -2.45. The zero-order valence-corrected chi connectivity index (χ0v) is 13.5. The second-order valence-corrected chi connectivity index (χ2v) is 7.61. The van der Waals surface area contributed by atoms with Gasteiger partial charge in [0.2, 0.25) is 0 Å². The summed E-state index contributed by atoms with van der Waals surface area (Å²) in [5.41, 5.74) is -0.217. The van der Waals surface area contributed by atoms with Gasteiger partial charge in [0.25, 0.3) is 0 Å². The van der Waals surface area contributed by atoms with Crippen molar-refractivity contribution < 1.29 is 9.53 Å². The van der Waals surface area contributed by atoms with Crippen LogP contribution in [0.25, 0.3) is 0 Å². The first-order chi connectivity index (χ1) is 8.54. The Kier molecular flexibility index (Phi) is 4.88. The summed E-state index contributed by atoms with van der Waals surface area (Å²) in [5.74, 6) is 0.498. The van der Waals surface area contributed by atoms with Crippen LogP contribution in [-0.2, 0) is 4.74 Å². The Bertz CT molecular complexity index is 315. The molecule has 4 heteroatoms. The molecule has 0 aliphatic carbocycles. The van der Waals surface area contributed by atoms with E-state index in [1.165, 1.54) is 0 Å². The lowest BCUT2D eigenvalue weighted by molar-refractivity contribution is 0.0280. The maximum absolute atomic E-state index is 12.1. The summed E-state index contributed by atoms with van der Waals surface area (Å²) in [4.78, 5) is 13.9. The summed E-state index contributed by atoms with van der Waals surface area (Å²) in [7, 11) is 2.01. The molecule has 0 aromatic heterocycles. The van der Waals surface area contributed by atoms with Crippen molar-refractivity contribution in [2.75, 3.05) is 20.1 Å². The van der Waals surface area contributed by atoms with Gasteiger partial charge in [-0.2, -0.15) is 0 Å². The van der Waals surface area contributed by atoms with Crippen LogP contribution in [0.1, 0.15) is 48.0 Å². The lowest BCUT2D eigenvalue weighted by Gasteiger charge is -2.35. The van der Waals surface area contributed by atoms with Crippen LogP contribution in [0.5, 0.6) is 0 Å². The van der Waals surface area contributed by atoms with Crippen molar-refractivity contribution >= 4 is 6.09 Å². The molecule has 112 valence electrons. The van der Waals surface area contributed by atoms with Gasteiger partial charge in [-0.3, -0.25) is 0 Å². The average Bonchev–Trinajstić information content (AvgIpc) is 2.62. The van der Waals surface area contributed by atoms with Gasteiger partial charge >= 0.3 is 6.09 Å². The van der Waals surface area contributed by atoms with E-state index in [-0.39, 0.29) is 11.5 Å². The fourth-order valence-corrected chi connectivity index (χ4v) is 2.93. The molecule has 1 saturated heterocycles. The topological polar surface area (TPSA) is 41.6 Å². The van der Waals surface area contributed by atoms with Gasteiger partial charge in [-0.25, -0.2) is 4.79 Å². The first kappa shape index (κ1) is 16.3. The Balaban J connectivity index is 2.60. The van der Waals surface area contributed by atoms with Gasteiger partial charge in [0.15, 0.2) is 0 Å². The Morgan fingerprint density at radius 2 is 1.84 bits per heavy atom. The predicted molar refractivity (Wildman–Crippen MR) is 78.2 cm³/mol. The minimum atomic E-state index is -0.415. The number of amides is 1. The highest BCUT2D eigenvalue weighted by Gasteiger charge is 2.37. The number of ether oxygens (including phenoxy) is 1. The van der Waals surface area contributed by atoms with Crippen LogP contribution >= 0.6 is 0 Å². The molecule has 1 N–H and O–H groups in total. The third-order valence-electron chi connectivity index (χ3n) is 3.59. The summed E-state index contributed by atoms with van der Waals surface area (Å²) < 4.78 is 5.44. The van der Waals surface area contributed by atoms with Gasteiger partial charge in [-0.05, 0) is 45.6 Å². The molecule has 0 aromatic rings. The third-order valence-corrected chi connectivity index (χ3v) is 3.59. The summed E-state index contributed by atoms with van der Waals surface area (Å²) in [5, 5.41) is 3.41. The molecule has 0 bridgehead atoms. The molecule has 1 heterocycles. The molecule has 1 amide bonds. The van der Waals surface area contributed by atoms with Gasteiger partial charge in [0, 0.05) is 19.1 Å². The Hall–Kier alpha value is -0.770. The van der Waals surface area contributed by atoms with E-state index in [0.717, 1.165) is 19.5 Å². The Morgan fingerprint density at radius 3 is 2.26 bits per heavy atom. The maximum atomic E-state index is 12.1. The molecule has 0 saturated carbocycles. The summed E-state index contributed by atoms with van der Waals surface area (Å²) >= 11 is 0. The molecular formula is C15H30N2O2. The number of carbonyl (C=O) groups excluding carboxylic acids is 1. The van der Waals surface area contributed by atoms with E-state index in [9.17, 15) is 4.79 Å². The van der Waals surface area contributed by atoms with E-state index in [1.807, 2.05) is 32.7 Å². The normalized spacial score (nSPS) is 22.5. The smallest absolute Gasteiger partial charge is 0.410 e. The first-order valence-electron chi connectivity index (χ1n) is 7.20. The molecule has 4 nitrogen and oxygen atoms in total. The lowest BCUT2D eigenvalue weighted by atomic mass is 9.78. The van der Waals surface area contributed by atoms with E-state index in [2.05, 4.69) is 26.1 Å². The molecule has 1 aliphatic heterocycles. The van der Waals surface area contributed by atoms with Crippen molar-refractivity contribution in [2.24, 2.45) is 11.3 Å². The Labute approximate surface area is 117 Å². The van der Waals surface area contributed by atoms with Gasteiger partial charge < -0.3 is 15.0 Å². The van der Waals surface area contributed by atoms with Gasteiger partial charge in [0.1, 0.15) is 5.60 Å². The van der Waals surface area contributed by atoms with Gasteiger partial charge in [0.05, 0.1) is 0 Å². The molecule has 0 radical (unpaired) electrons. The molecule has 1 fully saturated rings. The van der Waals surface area contributed by atoms with E-state index >= 15 is 0 Å². The van der Waals surface area contributed by atoms with E-state index in [0.29, 0.717) is 12.0 Å². The molecule has 1 aliphatic rings. The largest absolute Gasteiger partial charge is 0.444 e. The minimum Gasteiger partial charge on any atom is -0.444 e. The standard InChI is InChI=1S/C15H30N2O2/c1-14(2,3)12(16-7)11-8-9-17(10-11)13(18)19-15(4,5)6/h11-12,16H,8-10H2,1-7H3. The highest BCUT2D eigenvalue weighted by atomic mass is 16.6. The Morgan fingerprint density at radius 1 is 1.26 bits per heavy atom. The number of nitrogens with one attached hydrogen (secondary N) is 1. The zero-order chi connectivity index (χ0) is 14.8. The monoisotopic (exact) mass is 270 g/mol. The SMILES string of the molecule is CNC(C1CCN(C(=O)OC(C)(C)C)C1)C(C)(C)C. The second-order valence-electron chi connectivity index (χ2n) is 7.61. The third kappa shape index (κ3) is 4.68. The van der Waals surface area contributed by atoms with Crippen molar-refractivity contribution in [3.63, 3.8) is 0 Å². The van der Waals surface area contributed by atoms with Crippen LogP contribution in [0, 0.1) is 11.3 Å². The van der Waals surface area contributed by atoms with E-state index < -0.39 is 5.60 Å². The van der Waals surface area contributed by atoms with Gasteiger partial charge in [-0.15, -0.1) is 0 Å². The van der Waals surface area contributed by atoms with Crippen molar-refractivity contribution in [1.29, 1.82) is 0 Å². The van der Waals surface area contributed by atoms with Crippen molar-refractivity contribution in [3.8, 4) is 0 Å². The number of likely N-dealkylation sites (tertiary alicyclic amines) is 1. The van der Waals surface area contributed by atoms with Crippen LogP contribution in [0.4, 0.5) is 4.79 Å². The zero-order valence-electron chi connectivity index (χ0n) is 13.5. The van der Waals surface area contributed by atoms with Crippen LogP contribution in [-0.4, -0.2) is 42.8 Å². The first-order valence-corrected chi connectivity index (χ1v) is 7.20. The molecule has 2 atom stereocenters. The number of hydrogen-bond acceptors (Lipinski definition) is 3. The van der Waals surface area contributed by atoms with Crippen LogP contribution in [0.2, 0.25) is 0 Å². The number of rotatable bonds is 2. The summed E-state index contributed by atoms with van der Waals surface area (Å²) in [6.07, 6.45) is 0.862. The van der Waals surface area contributed by atoms with Crippen molar-refractivity contribution in [3.05, 3.63) is 0 Å². The second kappa shape index (κ2) is 5.70. The summed E-state index contributed by atoms with van der Waals surface area (Å²) in [6.45, 7) is 14.0. The molecule has 19 heavy (non-hydrogen) atoms. The van der Waals surface area contributed by atoms with Crippen molar-refractivity contribution in [1.82, 2.24) is 10.2 Å². The van der Waals surface area contributed by atoms with E-state index in [1.54, 1.807) is 0 Å². The average molecular weight is 270 g/mol. The molecule has 2 unspecified atom stereocenters. The fourth-order valence-electron chi connectivity index (χ4n) is 2.93. The fraction of sp³-hybridized carbons (Fsp3) is 0.933. The van der Waals surface area contributed by atoms with Crippen LogP contribution in [0.3, 0.4) is 0 Å².